The summed E-state index contributed by atoms with van der Waals surface area (Å²) >= 11 is 1.19. The second kappa shape index (κ2) is 14.4. The quantitative estimate of drug-likeness (QED) is 0.240. The Kier molecular flexibility index (Phi) is 11.6. The first-order chi connectivity index (χ1) is 17.0. The maximum atomic E-state index is 12.8. The summed E-state index contributed by atoms with van der Waals surface area (Å²) < 4.78 is 47.2. The number of hydrogen-bond donors (Lipinski definition) is 3. The molecule has 3 rings (SSSR count). The summed E-state index contributed by atoms with van der Waals surface area (Å²) in [6, 6.07) is 15.9. The zero-order chi connectivity index (χ0) is 25.7. The van der Waals surface area contributed by atoms with E-state index in [9.17, 15) is 13.5 Å². The molecule has 2 aromatic carbocycles. The van der Waals surface area contributed by atoms with Crippen LogP contribution in [0.15, 0.2) is 59.8 Å². The minimum atomic E-state index is -4.04. The van der Waals surface area contributed by atoms with Crippen molar-refractivity contribution in [3.8, 4) is 23.1 Å². The first-order valence-electron chi connectivity index (χ1n) is 10.8. The summed E-state index contributed by atoms with van der Waals surface area (Å²) in [6.45, 7) is 3.73. The fraction of sp³-hybridized carbons (Fsp3) is 0.304. The summed E-state index contributed by atoms with van der Waals surface area (Å²) in [5.74, 6) is 0.474. The van der Waals surface area contributed by atoms with E-state index in [-0.39, 0.29) is 42.4 Å². The van der Waals surface area contributed by atoms with Gasteiger partial charge < -0.3 is 19.3 Å². The fourth-order valence-electron chi connectivity index (χ4n) is 2.65. The lowest BCUT2D eigenvalue weighted by atomic mass is 10.2. The number of thioether (sulfide) groups is 1. The lowest BCUT2D eigenvalue weighted by Gasteiger charge is -2.17. The Morgan fingerprint density at radius 2 is 1.66 bits per heavy atom. The van der Waals surface area contributed by atoms with Crippen LogP contribution in [0, 0.1) is 0 Å². The molecule has 0 spiro atoms. The highest BCUT2D eigenvalue weighted by atomic mass is 32.2. The smallest absolute Gasteiger partial charge is 0.300 e. The number of aliphatic hydroxyl groups is 1. The zero-order valence-corrected chi connectivity index (χ0v) is 21.6. The SMILES string of the molecule is CC.COc1ccccc1Oc1c(NS(=O)(=O)NCc2ccccc2)nc(SC)nc1OCCO. The molecule has 12 heteroatoms. The van der Waals surface area contributed by atoms with Crippen molar-refractivity contribution in [2.24, 2.45) is 0 Å². The van der Waals surface area contributed by atoms with Crippen LogP contribution >= 0.6 is 11.8 Å². The number of methoxy groups -OCH3 is 1. The molecule has 3 N–H and O–H groups in total. The van der Waals surface area contributed by atoms with Gasteiger partial charge in [0.25, 0.3) is 5.88 Å². The molecule has 0 amide bonds. The molecule has 0 radical (unpaired) electrons. The molecule has 1 heterocycles. The van der Waals surface area contributed by atoms with Crippen LogP contribution in [0.1, 0.15) is 19.4 Å². The van der Waals surface area contributed by atoms with Crippen LogP contribution in [0.3, 0.4) is 0 Å². The van der Waals surface area contributed by atoms with Gasteiger partial charge in [-0.15, -0.1) is 0 Å². The van der Waals surface area contributed by atoms with Gasteiger partial charge in [-0.05, 0) is 24.0 Å². The Labute approximate surface area is 210 Å². The predicted molar refractivity (Wildman–Crippen MR) is 137 cm³/mol. The van der Waals surface area contributed by atoms with Crippen LogP contribution in [0.2, 0.25) is 0 Å². The summed E-state index contributed by atoms with van der Waals surface area (Å²) in [5, 5.41) is 9.44. The normalized spacial score (nSPS) is 10.7. The van der Waals surface area contributed by atoms with E-state index in [1.54, 1.807) is 42.7 Å². The number of anilines is 1. The lowest BCUT2D eigenvalue weighted by molar-refractivity contribution is 0.191. The number of aromatic nitrogens is 2. The molecule has 3 aromatic rings. The van der Waals surface area contributed by atoms with Gasteiger partial charge in [-0.3, -0.25) is 4.72 Å². The topological polar surface area (TPSA) is 132 Å². The maximum Gasteiger partial charge on any atom is 0.300 e. The third-order valence-corrected chi connectivity index (χ3v) is 5.68. The second-order valence-corrected chi connectivity index (χ2v) is 8.70. The average molecular weight is 523 g/mol. The Bertz CT molecular complexity index is 1160. The summed E-state index contributed by atoms with van der Waals surface area (Å²) in [7, 11) is -2.56. The maximum absolute atomic E-state index is 12.8. The number of hydrogen-bond acceptors (Lipinski definition) is 9. The van der Waals surface area contributed by atoms with Gasteiger partial charge >= 0.3 is 10.2 Å². The van der Waals surface area contributed by atoms with Crippen molar-refractivity contribution in [3.05, 3.63) is 60.2 Å². The predicted octanol–water partition coefficient (Wildman–Crippen LogP) is 3.84. The summed E-state index contributed by atoms with van der Waals surface area (Å²) in [4.78, 5) is 8.53. The van der Waals surface area contributed by atoms with Gasteiger partial charge in [-0.1, -0.05) is 68.1 Å². The number of rotatable bonds is 12. The van der Waals surface area contributed by atoms with E-state index in [2.05, 4.69) is 19.4 Å². The average Bonchev–Trinajstić information content (AvgIpc) is 2.89. The fourth-order valence-corrected chi connectivity index (χ4v) is 3.83. The molecular weight excluding hydrogens is 492 g/mol. The van der Waals surface area contributed by atoms with E-state index in [4.69, 9.17) is 14.2 Å². The molecule has 0 saturated heterocycles. The van der Waals surface area contributed by atoms with E-state index in [0.717, 1.165) is 5.56 Å². The number of ether oxygens (including phenoxy) is 3. The Balaban J connectivity index is 0.00000210. The van der Waals surface area contributed by atoms with Crippen molar-refractivity contribution < 1.29 is 27.7 Å². The van der Waals surface area contributed by atoms with Gasteiger partial charge in [0.2, 0.25) is 5.75 Å². The van der Waals surface area contributed by atoms with Crippen molar-refractivity contribution >= 4 is 27.8 Å². The molecule has 0 fully saturated rings. The number of nitrogens with zero attached hydrogens (tertiary/aromatic N) is 2. The Morgan fingerprint density at radius 1 is 1.00 bits per heavy atom. The molecule has 0 aliphatic rings. The Morgan fingerprint density at radius 3 is 2.29 bits per heavy atom. The molecule has 1 aromatic heterocycles. The first-order valence-corrected chi connectivity index (χ1v) is 13.5. The van der Waals surface area contributed by atoms with Crippen LogP contribution in [0.4, 0.5) is 5.82 Å². The van der Waals surface area contributed by atoms with Gasteiger partial charge in [-0.2, -0.15) is 18.1 Å². The largest absolute Gasteiger partial charge is 0.493 e. The highest BCUT2D eigenvalue weighted by molar-refractivity contribution is 7.98. The van der Waals surface area contributed by atoms with Gasteiger partial charge in [-0.25, -0.2) is 4.98 Å². The van der Waals surface area contributed by atoms with Gasteiger partial charge in [0.15, 0.2) is 22.5 Å². The molecule has 0 aliphatic carbocycles. The number of para-hydroxylation sites is 2. The molecule has 10 nitrogen and oxygen atoms in total. The Hall–Kier alpha value is -3.06. The zero-order valence-electron chi connectivity index (χ0n) is 20.0. The third-order valence-electron chi connectivity index (χ3n) is 4.15. The van der Waals surface area contributed by atoms with Crippen molar-refractivity contribution in [2.75, 3.05) is 31.3 Å². The van der Waals surface area contributed by atoms with Crippen LogP contribution in [0.25, 0.3) is 0 Å². The number of benzene rings is 2. The van der Waals surface area contributed by atoms with Crippen LogP contribution in [0.5, 0.6) is 23.1 Å². The molecule has 0 saturated carbocycles. The first kappa shape index (κ1) is 28.2. The minimum Gasteiger partial charge on any atom is -0.493 e. The number of nitrogens with one attached hydrogen (secondary N) is 2. The van der Waals surface area contributed by atoms with Crippen LogP contribution in [-0.2, 0) is 16.8 Å². The van der Waals surface area contributed by atoms with E-state index in [1.807, 2.05) is 32.0 Å². The molecular formula is C23H30N4O6S2. The van der Waals surface area contributed by atoms with E-state index >= 15 is 0 Å². The number of aliphatic hydroxyl groups excluding tert-OH is 1. The highest BCUT2D eigenvalue weighted by Gasteiger charge is 2.23. The van der Waals surface area contributed by atoms with Gasteiger partial charge in [0.1, 0.15) is 6.61 Å². The van der Waals surface area contributed by atoms with Gasteiger partial charge in [0, 0.05) is 6.54 Å². The molecule has 0 atom stereocenters. The summed E-state index contributed by atoms with van der Waals surface area (Å²) in [5.41, 5.74) is 0.785. The van der Waals surface area contributed by atoms with Crippen LogP contribution in [-0.4, -0.2) is 50.1 Å². The lowest BCUT2D eigenvalue weighted by Crippen LogP contribution is -2.30. The third kappa shape index (κ3) is 8.58. The molecule has 190 valence electrons. The highest BCUT2D eigenvalue weighted by Crippen LogP contribution is 2.40. The standard InChI is InChI=1S/C21H24N4O6S2.C2H6/c1-29-16-10-6-7-11-17(16)31-18-19(23-21(32-2)24-20(18)30-13-12-26)25-33(27,28)22-14-15-8-4-3-5-9-15;1-2/h3-11,22,26H,12-14H2,1-2H3,(H,23,24,25);1-2H3. The van der Waals surface area contributed by atoms with Crippen molar-refractivity contribution in [1.82, 2.24) is 14.7 Å². The summed E-state index contributed by atoms with van der Waals surface area (Å²) in [6.07, 6.45) is 1.73. The molecule has 0 unspecified atom stereocenters. The van der Waals surface area contributed by atoms with E-state index in [0.29, 0.717) is 11.5 Å². The molecule has 0 bridgehead atoms. The molecule has 35 heavy (non-hydrogen) atoms. The van der Waals surface area contributed by atoms with Crippen LogP contribution < -0.4 is 23.7 Å². The second-order valence-electron chi connectivity index (χ2n) is 6.43. The van der Waals surface area contributed by atoms with E-state index < -0.39 is 10.2 Å². The molecule has 0 aliphatic heterocycles. The van der Waals surface area contributed by atoms with Crippen molar-refractivity contribution in [3.63, 3.8) is 0 Å². The minimum absolute atomic E-state index is 0.0323. The van der Waals surface area contributed by atoms with Crippen molar-refractivity contribution in [1.29, 1.82) is 0 Å². The van der Waals surface area contributed by atoms with Crippen molar-refractivity contribution in [2.45, 2.75) is 25.5 Å². The monoisotopic (exact) mass is 522 g/mol. The van der Waals surface area contributed by atoms with Gasteiger partial charge in [0.05, 0.1) is 13.7 Å². The van der Waals surface area contributed by atoms with E-state index in [1.165, 1.54) is 18.9 Å².